The first-order valence-electron chi connectivity index (χ1n) is 6.20. The van der Waals surface area contributed by atoms with Gasteiger partial charge in [0.15, 0.2) is 9.84 Å². The molecule has 0 aromatic rings. The Bertz CT molecular complexity index is 299. The van der Waals surface area contributed by atoms with Gasteiger partial charge in [0.1, 0.15) is 0 Å². The second-order valence-corrected chi connectivity index (χ2v) is 7.68. The van der Waals surface area contributed by atoms with Gasteiger partial charge in [0, 0.05) is 25.8 Å². The number of ether oxygens (including phenoxy) is 1. The summed E-state index contributed by atoms with van der Waals surface area (Å²) in [5.41, 5.74) is -0.00366. The number of hydrogen-bond acceptors (Lipinski definition) is 4. The van der Waals surface area contributed by atoms with E-state index >= 15 is 0 Å². The lowest BCUT2D eigenvalue weighted by atomic mass is 10.0. The van der Waals surface area contributed by atoms with E-state index in [4.69, 9.17) is 4.74 Å². The maximum absolute atomic E-state index is 11.9. The van der Waals surface area contributed by atoms with Crippen LogP contribution in [0.25, 0.3) is 0 Å². The Hall–Kier alpha value is -0.130. The summed E-state index contributed by atoms with van der Waals surface area (Å²) in [6, 6.07) is 0. The standard InChI is InChI=1S/C12H27NO3S/c1-6-12(3,4)13-10-11(2)17(14,15)9-7-8-16-5/h11,13H,6-10H2,1-5H3. The van der Waals surface area contributed by atoms with E-state index < -0.39 is 9.84 Å². The summed E-state index contributed by atoms with van der Waals surface area (Å²) in [5, 5.41) is 2.95. The molecule has 0 bridgehead atoms. The van der Waals surface area contributed by atoms with Crippen LogP contribution in [-0.4, -0.2) is 45.2 Å². The Morgan fingerprint density at radius 2 is 1.94 bits per heavy atom. The minimum Gasteiger partial charge on any atom is -0.385 e. The fraction of sp³-hybridized carbons (Fsp3) is 1.00. The first-order valence-corrected chi connectivity index (χ1v) is 7.92. The highest BCUT2D eigenvalue weighted by atomic mass is 32.2. The van der Waals surface area contributed by atoms with Crippen molar-refractivity contribution in [1.82, 2.24) is 5.32 Å². The van der Waals surface area contributed by atoms with Crippen LogP contribution in [0, 0.1) is 0 Å². The monoisotopic (exact) mass is 265 g/mol. The van der Waals surface area contributed by atoms with Crippen LogP contribution in [0.4, 0.5) is 0 Å². The molecule has 0 fully saturated rings. The Morgan fingerprint density at radius 3 is 2.41 bits per heavy atom. The Kier molecular flexibility index (Phi) is 7.28. The zero-order chi connectivity index (χ0) is 13.5. The lowest BCUT2D eigenvalue weighted by Gasteiger charge is -2.26. The summed E-state index contributed by atoms with van der Waals surface area (Å²) < 4.78 is 28.7. The van der Waals surface area contributed by atoms with Gasteiger partial charge in [-0.2, -0.15) is 0 Å². The maximum atomic E-state index is 11.9. The number of hydrogen-bond donors (Lipinski definition) is 1. The zero-order valence-corrected chi connectivity index (χ0v) is 12.6. The van der Waals surface area contributed by atoms with Crippen molar-refractivity contribution in [3.63, 3.8) is 0 Å². The number of methoxy groups -OCH3 is 1. The number of rotatable bonds is 9. The summed E-state index contributed by atoms with van der Waals surface area (Å²) in [6.45, 7) is 9.02. The van der Waals surface area contributed by atoms with E-state index in [0.29, 0.717) is 19.6 Å². The van der Waals surface area contributed by atoms with E-state index in [1.807, 2.05) is 0 Å². The Morgan fingerprint density at radius 1 is 1.35 bits per heavy atom. The molecule has 1 atom stereocenters. The van der Waals surface area contributed by atoms with Gasteiger partial charge in [-0.15, -0.1) is 0 Å². The molecule has 0 amide bonds. The van der Waals surface area contributed by atoms with Crippen molar-refractivity contribution in [2.24, 2.45) is 0 Å². The predicted molar refractivity (Wildman–Crippen MR) is 72.1 cm³/mol. The second-order valence-electron chi connectivity index (χ2n) is 5.14. The third-order valence-corrected chi connectivity index (χ3v) is 5.39. The second kappa shape index (κ2) is 7.34. The van der Waals surface area contributed by atoms with Crippen molar-refractivity contribution in [2.45, 2.75) is 51.3 Å². The highest BCUT2D eigenvalue weighted by Crippen LogP contribution is 2.09. The molecule has 0 saturated carbocycles. The first kappa shape index (κ1) is 16.9. The molecule has 104 valence electrons. The van der Waals surface area contributed by atoms with Gasteiger partial charge in [-0.3, -0.25) is 0 Å². The van der Waals surface area contributed by atoms with E-state index in [2.05, 4.69) is 26.1 Å². The van der Waals surface area contributed by atoms with E-state index in [1.54, 1.807) is 14.0 Å². The van der Waals surface area contributed by atoms with Crippen LogP contribution in [0.5, 0.6) is 0 Å². The van der Waals surface area contributed by atoms with Gasteiger partial charge in [0.05, 0.1) is 11.0 Å². The van der Waals surface area contributed by atoms with Crippen molar-refractivity contribution in [3.05, 3.63) is 0 Å². The summed E-state index contributed by atoms with van der Waals surface area (Å²) in [5.74, 6) is 0.205. The van der Waals surface area contributed by atoms with E-state index in [9.17, 15) is 8.42 Å². The fourth-order valence-electron chi connectivity index (χ4n) is 1.28. The summed E-state index contributed by atoms with van der Waals surface area (Å²) in [4.78, 5) is 0. The lowest BCUT2D eigenvalue weighted by Crippen LogP contribution is -2.44. The Labute approximate surface area is 106 Å². The third-order valence-electron chi connectivity index (χ3n) is 3.14. The van der Waals surface area contributed by atoms with Gasteiger partial charge in [-0.1, -0.05) is 6.92 Å². The first-order chi connectivity index (χ1) is 7.75. The van der Waals surface area contributed by atoms with Crippen molar-refractivity contribution < 1.29 is 13.2 Å². The third kappa shape index (κ3) is 7.01. The van der Waals surface area contributed by atoms with Crippen LogP contribution in [0.3, 0.4) is 0 Å². The fourth-order valence-corrected chi connectivity index (χ4v) is 2.54. The molecule has 4 nitrogen and oxygen atoms in total. The molecule has 0 radical (unpaired) electrons. The molecular weight excluding hydrogens is 238 g/mol. The Balaban J connectivity index is 4.16. The molecular formula is C12H27NO3S. The predicted octanol–water partition coefficient (Wildman–Crippen LogP) is 1.60. The van der Waals surface area contributed by atoms with Gasteiger partial charge < -0.3 is 10.1 Å². The molecule has 0 rings (SSSR count). The molecule has 0 aliphatic heterocycles. The van der Waals surface area contributed by atoms with Gasteiger partial charge in [-0.05, 0) is 33.6 Å². The largest absolute Gasteiger partial charge is 0.385 e. The molecule has 0 aromatic heterocycles. The molecule has 1 N–H and O–H groups in total. The molecule has 0 saturated heterocycles. The summed E-state index contributed by atoms with van der Waals surface area (Å²) in [6.07, 6.45) is 1.55. The molecule has 5 heteroatoms. The topological polar surface area (TPSA) is 55.4 Å². The van der Waals surface area contributed by atoms with Crippen LogP contribution in [0.1, 0.15) is 40.5 Å². The van der Waals surface area contributed by atoms with Crippen LogP contribution in [-0.2, 0) is 14.6 Å². The molecule has 0 heterocycles. The summed E-state index contributed by atoms with van der Waals surface area (Å²) in [7, 11) is -1.42. The van der Waals surface area contributed by atoms with E-state index in [0.717, 1.165) is 6.42 Å². The lowest BCUT2D eigenvalue weighted by molar-refractivity contribution is 0.199. The average Bonchev–Trinajstić information content (AvgIpc) is 2.26. The summed E-state index contributed by atoms with van der Waals surface area (Å²) >= 11 is 0. The normalized spacial score (nSPS) is 14.9. The molecule has 1 unspecified atom stereocenters. The highest BCUT2D eigenvalue weighted by Gasteiger charge is 2.23. The molecule has 0 aliphatic carbocycles. The van der Waals surface area contributed by atoms with Gasteiger partial charge in [0.2, 0.25) is 0 Å². The van der Waals surface area contributed by atoms with Crippen molar-refractivity contribution in [3.8, 4) is 0 Å². The van der Waals surface area contributed by atoms with Crippen LogP contribution in [0.15, 0.2) is 0 Å². The number of nitrogens with one attached hydrogen (secondary N) is 1. The van der Waals surface area contributed by atoms with Gasteiger partial charge in [0.25, 0.3) is 0 Å². The average molecular weight is 265 g/mol. The maximum Gasteiger partial charge on any atom is 0.154 e. The van der Waals surface area contributed by atoms with Crippen molar-refractivity contribution in [2.75, 3.05) is 26.0 Å². The SMILES string of the molecule is CCC(C)(C)NCC(C)S(=O)(=O)CCCOC. The van der Waals surface area contributed by atoms with Gasteiger partial charge >= 0.3 is 0 Å². The van der Waals surface area contributed by atoms with Gasteiger partial charge in [-0.25, -0.2) is 8.42 Å². The highest BCUT2D eigenvalue weighted by molar-refractivity contribution is 7.92. The quantitative estimate of drug-likeness (QED) is 0.643. The van der Waals surface area contributed by atoms with Crippen molar-refractivity contribution in [1.29, 1.82) is 0 Å². The van der Waals surface area contributed by atoms with Crippen LogP contribution >= 0.6 is 0 Å². The van der Waals surface area contributed by atoms with Crippen molar-refractivity contribution >= 4 is 9.84 Å². The van der Waals surface area contributed by atoms with E-state index in [-0.39, 0.29) is 16.5 Å². The zero-order valence-electron chi connectivity index (χ0n) is 11.7. The minimum atomic E-state index is -3.01. The molecule has 0 aromatic carbocycles. The smallest absolute Gasteiger partial charge is 0.154 e. The molecule has 0 spiro atoms. The minimum absolute atomic E-state index is 0.00366. The molecule has 17 heavy (non-hydrogen) atoms. The number of sulfone groups is 1. The van der Waals surface area contributed by atoms with Crippen LogP contribution in [0.2, 0.25) is 0 Å². The van der Waals surface area contributed by atoms with E-state index in [1.165, 1.54) is 0 Å². The molecule has 0 aliphatic rings. The van der Waals surface area contributed by atoms with Crippen LogP contribution < -0.4 is 5.32 Å².